The van der Waals surface area contributed by atoms with E-state index >= 15 is 0 Å². The van der Waals surface area contributed by atoms with Gasteiger partial charge in [0, 0.05) is 13.1 Å². The van der Waals surface area contributed by atoms with Crippen molar-refractivity contribution in [1.82, 2.24) is 24.4 Å². The third kappa shape index (κ3) is 7.57. The molecule has 0 radical (unpaired) electrons. The molecule has 39 heavy (non-hydrogen) atoms. The van der Waals surface area contributed by atoms with Crippen molar-refractivity contribution in [2.45, 2.75) is 39.3 Å². The van der Waals surface area contributed by atoms with E-state index in [0.717, 1.165) is 30.5 Å². The number of H-pyrrole nitrogens is 1. The Kier molecular flexibility index (Phi) is 9.16. The number of aromatic amines is 1. The summed E-state index contributed by atoms with van der Waals surface area (Å²) in [6.07, 6.45) is 1.83. The van der Waals surface area contributed by atoms with Crippen molar-refractivity contribution in [2.24, 2.45) is 0 Å². The molecule has 0 atom stereocenters. The first-order valence-electron chi connectivity index (χ1n) is 12.9. The highest BCUT2D eigenvalue weighted by atomic mass is 16.5. The Balaban J connectivity index is 1.33. The fraction of sp³-hybridized carbons (Fsp3) is 0.357. The minimum atomic E-state index is -0.869. The van der Waals surface area contributed by atoms with E-state index in [9.17, 15) is 9.59 Å². The van der Waals surface area contributed by atoms with Crippen LogP contribution in [0.2, 0.25) is 0 Å². The zero-order valence-corrected chi connectivity index (χ0v) is 22.2. The van der Waals surface area contributed by atoms with Gasteiger partial charge in [-0.2, -0.15) is 9.97 Å². The molecule has 11 heteroatoms. The molecule has 0 aliphatic heterocycles. The normalized spacial score (nSPS) is 11.3. The van der Waals surface area contributed by atoms with Crippen LogP contribution >= 0.6 is 0 Å². The number of imidazole rings is 1. The molecule has 0 aliphatic carbocycles. The number of benzene rings is 2. The second kappa shape index (κ2) is 12.9. The number of carboxylic acids is 1. The quantitative estimate of drug-likeness (QED) is 0.208. The zero-order chi connectivity index (χ0) is 27.8. The van der Waals surface area contributed by atoms with Gasteiger partial charge < -0.3 is 25.3 Å². The predicted molar refractivity (Wildman–Crippen MR) is 148 cm³/mol. The Morgan fingerprint density at radius 2 is 1.85 bits per heavy atom. The first kappa shape index (κ1) is 27.6. The lowest BCUT2D eigenvalue weighted by molar-refractivity contribution is -0.136. The second-order valence-corrected chi connectivity index (χ2v) is 9.43. The van der Waals surface area contributed by atoms with Crippen LogP contribution in [0.1, 0.15) is 36.5 Å². The number of carboxylic acid groups (broad SMARTS) is 1. The number of aliphatic carboxylic acids is 1. The Morgan fingerprint density at radius 1 is 1.08 bits per heavy atom. The number of anilines is 1. The number of nitrogens with zero attached hydrogens (tertiary/aromatic N) is 4. The van der Waals surface area contributed by atoms with Crippen LogP contribution in [0, 0.1) is 0 Å². The number of unbranched alkanes of at least 4 members (excludes halogenated alkanes) is 1. The summed E-state index contributed by atoms with van der Waals surface area (Å²) in [5.74, 6) is -0.0324. The summed E-state index contributed by atoms with van der Waals surface area (Å²) in [6.45, 7) is 4.77. The van der Waals surface area contributed by atoms with Crippen molar-refractivity contribution in [1.29, 1.82) is 0 Å². The van der Waals surface area contributed by atoms with Crippen LogP contribution < -0.4 is 20.9 Å². The van der Waals surface area contributed by atoms with Gasteiger partial charge in [0.1, 0.15) is 17.9 Å². The third-order valence-electron chi connectivity index (χ3n) is 6.17. The summed E-state index contributed by atoms with van der Waals surface area (Å²) >= 11 is 0. The Morgan fingerprint density at radius 3 is 2.59 bits per heavy atom. The molecule has 2 aromatic carbocycles. The highest BCUT2D eigenvalue weighted by Gasteiger charge is 2.15. The number of fused-ring (bicyclic) bond motifs is 1. The molecule has 4 aromatic rings. The van der Waals surface area contributed by atoms with Crippen LogP contribution in [0.5, 0.6) is 11.8 Å². The average Bonchev–Trinajstić information content (AvgIpc) is 3.20. The summed E-state index contributed by atoms with van der Waals surface area (Å²) in [5, 5.41) is 8.96. The number of hydrogen-bond acceptors (Lipinski definition) is 8. The SMILES string of the molecule is CCCCOc1nc(N)c2[nH]c(=O)n(Cc3ccc(CN(C)CCOc4cccc(CC(=O)O)c4)cc3)c2n1. The van der Waals surface area contributed by atoms with Crippen molar-refractivity contribution in [3.8, 4) is 11.8 Å². The number of rotatable bonds is 14. The molecule has 4 N–H and O–H groups in total. The van der Waals surface area contributed by atoms with E-state index in [0.29, 0.717) is 48.8 Å². The molecule has 11 nitrogen and oxygen atoms in total. The van der Waals surface area contributed by atoms with Crippen LogP contribution in [0.3, 0.4) is 0 Å². The molecule has 2 aromatic heterocycles. The number of ether oxygens (including phenoxy) is 2. The Bertz CT molecular complexity index is 1460. The highest BCUT2D eigenvalue weighted by molar-refractivity contribution is 5.82. The van der Waals surface area contributed by atoms with Gasteiger partial charge in [-0.3, -0.25) is 14.3 Å². The first-order chi connectivity index (χ1) is 18.8. The Hall–Kier alpha value is -4.38. The molecular formula is C28H34N6O5. The standard InChI is InChI=1S/C28H34N6O5/c1-3-4-13-39-27-31-25(29)24-26(32-27)34(28(37)30-24)18-20-10-8-19(9-11-20)17-33(2)12-14-38-22-7-5-6-21(15-22)16-23(35)36/h5-11,15H,3-4,12-14,16-18H2,1-2H3,(H,30,37)(H,35,36)(H2,29,31,32). The van der Waals surface area contributed by atoms with Crippen molar-refractivity contribution in [2.75, 3.05) is 32.5 Å². The number of nitrogen functional groups attached to an aromatic ring is 1. The van der Waals surface area contributed by atoms with Gasteiger partial charge in [-0.1, -0.05) is 49.7 Å². The van der Waals surface area contributed by atoms with E-state index in [4.69, 9.17) is 20.3 Å². The summed E-state index contributed by atoms with van der Waals surface area (Å²) in [6, 6.07) is 15.4. The van der Waals surface area contributed by atoms with Crippen molar-refractivity contribution >= 4 is 23.0 Å². The lowest BCUT2D eigenvalue weighted by Gasteiger charge is -2.17. The molecule has 0 fully saturated rings. The zero-order valence-electron chi connectivity index (χ0n) is 22.2. The molecule has 0 unspecified atom stereocenters. The van der Waals surface area contributed by atoms with E-state index in [1.807, 2.05) is 37.4 Å². The molecule has 0 bridgehead atoms. The van der Waals surface area contributed by atoms with E-state index in [1.165, 1.54) is 4.57 Å². The monoisotopic (exact) mass is 534 g/mol. The highest BCUT2D eigenvalue weighted by Crippen LogP contribution is 2.19. The smallest absolute Gasteiger partial charge is 0.328 e. The first-order valence-corrected chi connectivity index (χ1v) is 12.9. The van der Waals surface area contributed by atoms with Gasteiger partial charge in [0.25, 0.3) is 0 Å². The van der Waals surface area contributed by atoms with Gasteiger partial charge in [0.2, 0.25) is 0 Å². The Labute approximate surface area is 226 Å². The van der Waals surface area contributed by atoms with Crippen molar-refractivity contribution < 1.29 is 19.4 Å². The summed E-state index contributed by atoms with van der Waals surface area (Å²) in [5.41, 5.74) is 9.32. The molecule has 0 aliphatic rings. The van der Waals surface area contributed by atoms with Gasteiger partial charge in [-0.25, -0.2) is 4.79 Å². The maximum Gasteiger partial charge on any atom is 0.328 e. The molecule has 2 heterocycles. The maximum atomic E-state index is 12.6. The molecular weight excluding hydrogens is 500 g/mol. The maximum absolute atomic E-state index is 12.6. The topological polar surface area (TPSA) is 149 Å². The lowest BCUT2D eigenvalue weighted by atomic mass is 10.1. The molecule has 0 amide bonds. The minimum absolute atomic E-state index is 0.0294. The predicted octanol–water partition coefficient (Wildman–Crippen LogP) is 3.07. The number of nitrogens with one attached hydrogen (secondary N) is 1. The summed E-state index contributed by atoms with van der Waals surface area (Å²) < 4.78 is 12.9. The van der Waals surface area contributed by atoms with Gasteiger partial charge in [0.05, 0.1) is 19.6 Å². The van der Waals surface area contributed by atoms with Crippen LogP contribution in [0.25, 0.3) is 11.2 Å². The molecule has 206 valence electrons. The van der Waals surface area contributed by atoms with Gasteiger partial charge >= 0.3 is 17.7 Å². The van der Waals surface area contributed by atoms with Crippen molar-refractivity contribution in [3.05, 3.63) is 75.7 Å². The third-order valence-corrected chi connectivity index (χ3v) is 6.17. The average molecular weight is 535 g/mol. The second-order valence-electron chi connectivity index (χ2n) is 9.43. The minimum Gasteiger partial charge on any atom is -0.492 e. The van der Waals surface area contributed by atoms with E-state index in [2.05, 4.69) is 26.8 Å². The largest absolute Gasteiger partial charge is 0.492 e. The summed E-state index contributed by atoms with van der Waals surface area (Å²) in [7, 11) is 2.01. The molecule has 0 saturated heterocycles. The molecule has 4 rings (SSSR count). The fourth-order valence-electron chi connectivity index (χ4n) is 4.11. The van der Waals surface area contributed by atoms with E-state index < -0.39 is 5.97 Å². The van der Waals surface area contributed by atoms with Crippen LogP contribution in [-0.2, 0) is 24.3 Å². The van der Waals surface area contributed by atoms with Crippen LogP contribution in [0.4, 0.5) is 5.82 Å². The van der Waals surface area contributed by atoms with Gasteiger partial charge in [-0.05, 0) is 42.3 Å². The fourth-order valence-corrected chi connectivity index (χ4v) is 4.11. The number of hydrogen-bond donors (Lipinski definition) is 3. The lowest BCUT2D eigenvalue weighted by Crippen LogP contribution is -2.24. The van der Waals surface area contributed by atoms with Gasteiger partial charge in [0.15, 0.2) is 11.5 Å². The number of likely N-dealkylation sites (N-methyl/N-ethyl adjacent to an activating group) is 1. The van der Waals surface area contributed by atoms with Gasteiger partial charge in [-0.15, -0.1) is 0 Å². The number of carbonyl (C=O) groups is 1. The number of nitrogens with two attached hydrogens (primary N) is 1. The molecule has 0 saturated carbocycles. The molecule has 0 spiro atoms. The van der Waals surface area contributed by atoms with Crippen LogP contribution in [0.15, 0.2) is 53.3 Å². The van der Waals surface area contributed by atoms with E-state index in [-0.39, 0.29) is 23.9 Å². The summed E-state index contributed by atoms with van der Waals surface area (Å²) in [4.78, 5) is 37.0. The number of aromatic nitrogens is 4. The van der Waals surface area contributed by atoms with Crippen LogP contribution in [-0.4, -0.2) is 62.3 Å². The van der Waals surface area contributed by atoms with E-state index in [1.54, 1.807) is 18.2 Å². The van der Waals surface area contributed by atoms with Crippen molar-refractivity contribution in [3.63, 3.8) is 0 Å².